The lowest BCUT2D eigenvalue weighted by Gasteiger charge is -2.26. The zero-order valence-electron chi connectivity index (χ0n) is 8.28. The number of phenolic OH excluding ortho intramolecular Hbond substituents is 1. The maximum atomic E-state index is 9.88. The van der Waals surface area contributed by atoms with Crippen molar-refractivity contribution < 1.29 is 10.2 Å². The molecule has 0 heterocycles. The third-order valence-electron chi connectivity index (χ3n) is 2.05. The van der Waals surface area contributed by atoms with Gasteiger partial charge in [0, 0.05) is 5.56 Å². The summed E-state index contributed by atoms with van der Waals surface area (Å²) in [5.74, 6) is 0.157. The fraction of sp³-hybridized carbons (Fsp3) is 0.455. The number of aromatic hydroxyl groups is 1. The van der Waals surface area contributed by atoms with Gasteiger partial charge in [0.2, 0.25) is 0 Å². The van der Waals surface area contributed by atoms with Crippen molar-refractivity contribution in [3.63, 3.8) is 0 Å². The Hall–Kier alpha value is -1.02. The van der Waals surface area contributed by atoms with Crippen molar-refractivity contribution in [3.8, 4) is 5.75 Å². The second-order valence-electron chi connectivity index (χ2n) is 4.33. The molecule has 1 atom stereocenters. The van der Waals surface area contributed by atoms with Crippen LogP contribution in [0.4, 0.5) is 0 Å². The minimum Gasteiger partial charge on any atom is -0.508 e. The van der Waals surface area contributed by atoms with Crippen LogP contribution in [0.15, 0.2) is 24.3 Å². The molecule has 0 amide bonds. The van der Waals surface area contributed by atoms with Crippen molar-refractivity contribution in [3.05, 3.63) is 29.8 Å². The molecule has 0 aliphatic heterocycles. The Bertz CT molecular complexity index is 286. The summed E-state index contributed by atoms with van der Waals surface area (Å²) in [6.07, 6.45) is -0.631. The molecule has 0 radical (unpaired) electrons. The van der Waals surface area contributed by atoms with E-state index in [1.807, 2.05) is 26.8 Å². The van der Waals surface area contributed by atoms with Crippen LogP contribution in [0.1, 0.15) is 32.4 Å². The average Bonchev–Trinajstić information content (AvgIpc) is 2.02. The maximum Gasteiger partial charge on any atom is 0.121 e. The molecule has 2 heteroatoms. The molecule has 0 fully saturated rings. The Labute approximate surface area is 78.8 Å². The Morgan fingerprint density at radius 2 is 1.69 bits per heavy atom. The molecule has 1 rings (SSSR count). The zero-order valence-corrected chi connectivity index (χ0v) is 8.28. The van der Waals surface area contributed by atoms with Gasteiger partial charge in [-0.2, -0.15) is 0 Å². The van der Waals surface area contributed by atoms with E-state index in [0.29, 0.717) is 5.56 Å². The van der Waals surface area contributed by atoms with Gasteiger partial charge in [0.25, 0.3) is 0 Å². The molecule has 0 unspecified atom stereocenters. The predicted molar refractivity (Wildman–Crippen MR) is 52.5 cm³/mol. The van der Waals surface area contributed by atoms with Gasteiger partial charge in [0.05, 0.1) is 6.10 Å². The fourth-order valence-corrected chi connectivity index (χ4v) is 1.19. The number of hydrogen-bond donors (Lipinski definition) is 2. The largest absolute Gasteiger partial charge is 0.508 e. The highest BCUT2D eigenvalue weighted by molar-refractivity contribution is 5.34. The molecule has 1 aromatic rings. The first-order valence-corrected chi connectivity index (χ1v) is 4.39. The third-order valence-corrected chi connectivity index (χ3v) is 2.05. The quantitative estimate of drug-likeness (QED) is 0.697. The molecule has 0 saturated heterocycles. The average molecular weight is 180 g/mol. The summed E-state index contributed by atoms with van der Waals surface area (Å²) < 4.78 is 0. The van der Waals surface area contributed by atoms with Gasteiger partial charge < -0.3 is 10.2 Å². The van der Waals surface area contributed by atoms with Gasteiger partial charge in [0.1, 0.15) is 5.75 Å². The smallest absolute Gasteiger partial charge is 0.121 e. The van der Waals surface area contributed by atoms with Crippen LogP contribution < -0.4 is 0 Å². The topological polar surface area (TPSA) is 40.5 Å². The van der Waals surface area contributed by atoms with Gasteiger partial charge in [-0.15, -0.1) is 0 Å². The monoisotopic (exact) mass is 180 g/mol. The zero-order chi connectivity index (χ0) is 10.1. The number of para-hydroxylation sites is 1. The lowest BCUT2D eigenvalue weighted by molar-refractivity contribution is 0.0605. The second kappa shape index (κ2) is 3.38. The maximum absolute atomic E-state index is 9.88. The van der Waals surface area contributed by atoms with Crippen molar-refractivity contribution in [2.24, 2.45) is 5.41 Å². The van der Waals surface area contributed by atoms with E-state index in [1.54, 1.807) is 18.2 Å². The van der Waals surface area contributed by atoms with Gasteiger partial charge in [-0.05, 0) is 11.5 Å². The van der Waals surface area contributed by atoms with Crippen LogP contribution in [0.25, 0.3) is 0 Å². The highest BCUT2D eigenvalue weighted by atomic mass is 16.3. The third kappa shape index (κ3) is 2.22. The Balaban J connectivity index is 3.02. The van der Waals surface area contributed by atoms with E-state index in [9.17, 15) is 10.2 Å². The summed E-state index contributed by atoms with van der Waals surface area (Å²) in [5, 5.41) is 19.4. The highest BCUT2D eigenvalue weighted by Crippen LogP contribution is 2.36. The van der Waals surface area contributed by atoms with Crippen molar-refractivity contribution in [1.29, 1.82) is 0 Å². The van der Waals surface area contributed by atoms with E-state index >= 15 is 0 Å². The number of aliphatic hydroxyl groups is 1. The molecule has 13 heavy (non-hydrogen) atoms. The summed E-state index contributed by atoms with van der Waals surface area (Å²) in [7, 11) is 0. The van der Waals surface area contributed by atoms with Crippen molar-refractivity contribution >= 4 is 0 Å². The van der Waals surface area contributed by atoms with Gasteiger partial charge in [0.15, 0.2) is 0 Å². The first-order valence-electron chi connectivity index (χ1n) is 4.39. The molecule has 0 saturated carbocycles. The van der Waals surface area contributed by atoms with E-state index in [4.69, 9.17) is 0 Å². The minimum atomic E-state index is -0.631. The summed E-state index contributed by atoms with van der Waals surface area (Å²) in [6.45, 7) is 5.80. The second-order valence-corrected chi connectivity index (χ2v) is 4.33. The summed E-state index contributed by atoms with van der Waals surface area (Å²) >= 11 is 0. The Kier molecular flexibility index (Phi) is 2.62. The van der Waals surface area contributed by atoms with E-state index in [0.717, 1.165) is 0 Å². The van der Waals surface area contributed by atoms with Crippen LogP contribution >= 0.6 is 0 Å². The fourth-order valence-electron chi connectivity index (χ4n) is 1.19. The molecule has 72 valence electrons. The van der Waals surface area contributed by atoms with E-state index in [2.05, 4.69) is 0 Å². The normalized spacial score (nSPS) is 14.2. The lowest BCUT2D eigenvalue weighted by atomic mass is 9.84. The van der Waals surface area contributed by atoms with Crippen LogP contribution in [0, 0.1) is 5.41 Å². The molecular weight excluding hydrogens is 164 g/mol. The van der Waals surface area contributed by atoms with E-state index in [1.165, 1.54) is 0 Å². The van der Waals surface area contributed by atoms with Crippen LogP contribution in [0.5, 0.6) is 5.75 Å². The minimum absolute atomic E-state index is 0.157. The molecule has 1 aromatic carbocycles. The number of rotatable bonds is 1. The molecular formula is C11H16O2. The number of benzene rings is 1. The number of hydrogen-bond acceptors (Lipinski definition) is 2. The molecule has 0 aliphatic carbocycles. The molecule has 0 spiro atoms. The van der Waals surface area contributed by atoms with Crippen LogP contribution in [-0.2, 0) is 0 Å². The van der Waals surface area contributed by atoms with Gasteiger partial charge >= 0.3 is 0 Å². The number of phenols is 1. The molecule has 0 bridgehead atoms. The SMILES string of the molecule is CC(C)(C)[C@H](O)c1ccccc1O. The standard InChI is InChI=1S/C11H16O2/c1-11(2,3)10(13)8-6-4-5-7-9(8)12/h4-7,10,12-13H,1-3H3/t10-/m1/s1. The van der Waals surface area contributed by atoms with Gasteiger partial charge in [-0.1, -0.05) is 39.0 Å². The molecule has 2 N–H and O–H groups in total. The first-order chi connectivity index (χ1) is 5.93. The van der Waals surface area contributed by atoms with Crippen LogP contribution in [0.2, 0.25) is 0 Å². The summed E-state index contributed by atoms with van der Waals surface area (Å²) in [6, 6.07) is 6.88. The van der Waals surface area contributed by atoms with Gasteiger partial charge in [-0.3, -0.25) is 0 Å². The lowest BCUT2D eigenvalue weighted by Crippen LogP contribution is -2.17. The highest BCUT2D eigenvalue weighted by Gasteiger charge is 2.25. The van der Waals surface area contributed by atoms with Crippen molar-refractivity contribution in [2.75, 3.05) is 0 Å². The number of aliphatic hydroxyl groups excluding tert-OH is 1. The summed E-state index contributed by atoms with van der Waals surface area (Å²) in [4.78, 5) is 0. The van der Waals surface area contributed by atoms with Crippen LogP contribution in [-0.4, -0.2) is 10.2 Å². The molecule has 0 aromatic heterocycles. The molecule has 0 aliphatic rings. The van der Waals surface area contributed by atoms with Crippen molar-refractivity contribution in [1.82, 2.24) is 0 Å². The van der Waals surface area contributed by atoms with Crippen molar-refractivity contribution in [2.45, 2.75) is 26.9 Å². The van der Waals surface area contributed by atoms with E-state index in [-0.39, 0.29) is 11.2 Å². The Morgan fingerprint density at radius 1 is 1.15 bits per heavy atom. The van der Waals surface area contributed by atoms with E-state index < -0.39 is 6.10 Å². The van der Waals surface area contributed by atoms with Crippen LogP contribution in [0.3, 0.4) is 0 Å². The van der Waals surface area contributed by atoms with Gasteiger partial charge in [-0.25, -0.2) is 0 Å². The summed E-state index contributed by atoms with van der Waals surface area (Å²) in [5.41, 5.74) is 0.341. The first kappa shape index (κ1) is 10.1. The predicted octanol–water partition coefficient (Wildman–Crippen LogP) is 2.47. The Morgan fingerprint density at radius 3 is 2.15 bits per heavy atom. The molecule has 2 nitrogen and oxygen atoms in total.